The number of aromatic nitrogens is 2. The molecule has 0 aliphatic rings. The van der Waals surface area contributed by atoms with Gasteiger partial charge in [0.15, 0.2) is 0 Å². The summed E-state index contributed by atoms with van der Waals surface area (Å²) in [6, 6.07) is 0. The summed E-state index contributed by atoms with van der Waals surface area (Å²) < 4.78 is 3.82. The highest BCUT2D eigenvalue weighted by Gasteiger charge is 2.25. The van der Waals surface area contributed by atoms with Gasteiger partial charge >= 0.3 is 0 Å². The smallest absolute Gasteiger partial charge is 0.265 e. The lowest BCUT2D eigenvalue weighted by Crippen LogP contribution is -2.30. The van der Waals surface area contributed by atoms with Gasteiger partial charge in [-0.25, -0.2) is 0 Å². The van der Waals surface area contributed by atoms with E-state index in [1.54, 1.807) is 0 Å². The lowest BCUT2D eigenvalue weighted by Gasteiger charge is -2.15. The lowest BCUT2D eigenvalue weighted by molar-refractivity contribution is 0.0956. The minimum Gasteiger partial charge on any atom is -0.350 e. The Kier molecular flexibility index (Phi) is 3.76. The topological polar surface area (TPSA) is 80.9 Å². The number of hydrogen-bond acceptors (Lipinski definition) is 5. The number of rotatable bonds is 3. The Morgan fingerprint density at radius 1 is 1.53 bits per heavy atom. The van der Waals surface area contributed by atoms with Crippen molar-refractivity contribution in [3.63, 3.8) is 0 Å². The molecule has 0 unspecified atom stereocenters. The second kappa shape index (κ2) is 4.67. The summed E-state index contributed by atoms with van der Waals surface area (Å²) in [6.07, 6.45) is 0. The molecule has 0 fully saturated rings. The Bertz CT molecular complexity index is 342. The summed E-state index contributed by atoms with van der Waals surface area (Å²) in [6.45, 7) is 6.92. The highest BCUT2D eigenvalue weighted by Crippen LogP contribution is 2.25. The minimum atomic E-state index is -0.164. The first-order valence-electron chi connectivity index (χ1n) is 4.78. The summed E-state index contributed by atoms with van der Waals surface area (Å²) in [5.74, 6) is -0.139. The quantitative estimate of drug-likeness (QED) is 0.790. The summed E-state index contributed by atoms with van der Waals surface area (Å²) >= 11 is 1.12. The van der Waals surface area contributed by atoms with Gasteiger partial charge in [0.1, 0.15) is 4.88 Å². The number of nitrogens with two attached hydrogens (primary N) is 1. The average Bonchev–Trinajstić information content (AvgIpc) is 2.61. The molecule has 1 heterocycles. The number of carbonyl (C=O) groups excluding carboxylic acids is 1. The Labute approximate surface area is 93.2 Å². The molecule has 6 heteroatoms. The maximum absolute atomic E-state index is 11.7. The van der Waals surface area contributed by atoms with E-state index in [2.05, 4.69) is 14.9 Å². The number of carbonyl (C=O) groups is 1. The largest absolute Gasteiger partial charge is 0.350 e. The average molecular weight is 228 g/mol. The Balaban J connectivity index is 2.86. The van der Waals surface area contributed by atoms with Crippen LogP contribution in [0.3, 0.4) is 0 Å². The molecule has 0 radical (unpaired) electrons. The van der Waals surface area contributed by atoms with Crippen LogP contribution >= 0.6 is 11.5 Å². The molecular formula is C9H16N4OS. The van der Waals surface area contributed by atoms with Gasteiger partial charge in [0.2, 0.25) is 0 Å². The molecule has 0 bridgehead atoms. The second-order valence-corrected chi connectivity index (χ2v) is 5.00. The molecule has 1 amide bonds. The van der Waals surface area contributed by atoms with Gasteiger partial charge in [-0.15, -0.1) is 5.10 Å². The summed E-state index contributed by atoms with van der Waals surface area (Å²) in [4.78, 5) is 12.3. The van der Waals surface area contributed by atoms with Gasteiger partial charge in [-0.1, -0.05) is 25.3 Å². The molecule has 1 aromatic heterocycles. The monoisotopic (exact) mass is 228 g/mol. The van der Waals surface area contributed by atoms with Crippen molar-refractivity contribution >= 4 is 17.4 Å². The molecule has 84 valence electrons. The standard InChI is InChI=1S/C9H16N4OS/c1-9(2,3)7-6(15-13-12-7)8(14)11-5-4-10/h4-5,10H2,1-3H3,(H,11,14). The van der Waals surface area contributed by atoms with Crippen LogP contribution in [-0.4, -0.2) is 28.6 Å². The highest BCUT2D eigenvalue weighted by atomic mass is 32.1. The van der Waals surface area contributed by atoms with Gasteiger partial charge in [0, 0.05) is 18.5 Å². The lowest BCUT2D eigenvalue weighted by atomic mass is 9.91. The van der Waals surface area contributed by atoms with Gasteiger partial charge in [-0.2, -0.15) is 0 Å². The molecule has 0 aliphatic heterocycles. The first kappa shape index (κ1) is 12.1. The van der Waals surface area contributed by atoms with Crippen molar-refractivity contribution in [2.45, 2.75) is 26.2 Å². The van der Waals surface area contributed by atoms with Gasteiger partial charge in [0.25, 0.3) is 5.91 Å². The Hall–Kier alpha value is -1.01. The Morgan fingerprint density at radius 2 is 2.20 bits per heavy atom. The number of nitrogens with zero attached hydrogens (tertiary/aromatic N) is 2. The van der Waals surface area contributed by atoms with Crippen molar-refractivity contribution in [1.29, 1.82) is 0 Å². The van der Waals surface area contributed by atoms with Crippen LogP contribution in [0.2, 0.25) is 0 Å². The molecule has 1 rings (SSSR count). The van der Waals surface area contributed by atoms with E-state index in [1.807, 2.05) is 20.8 Å². The first-order valence-corrected chi connectivity index (χ1v) is 5.55. The number of hydrogen-bond donors (Lipinski definition) is 2. The van der Waals surface area contributed by atoms with Crippen molar-refractivity contribution in [2.24, 2.45) is 5.73 Å². The van der Waals surface area contributed by atoms with Crippen LogP contribution in [0.4, 0.5) is 0 Å². The fourth-order valence-corrected chi connectivity index (χ4v) is 1.89. The van der Waals surface area contributed by atoms with Crippen LogP contribution in [-0.2, 0) is 5.41 Å². The van der Waals surface area contributed by atoms with Crippen LogP contribution in [0.1, 0.15) is 36.1 Å². The predicted molar refractivity (Wildman–Crippen MR) is 60.0 cm³/mol. The van der Waals surface area contributed by atoms with Gasteiger partial charge in [-0.05, 0) is 11.5 Å². The van der Waals surface area contributed by atoms with Crippen LogP contribution in [0, 0.1) is 0 Å². The van der Waals surface area contributed by atoms with Crippen molar-refractivity contribution in [3.8, 4) is 0 Å². The van der Waals surface area contributed by atoms with E-state index < -0.39 is 0 Å². The second-order valence-electron chi connectivity index (χ2n) is 4.25. The van der Waals surface area contributed by atoms with Crippen LogP contribution in [0.15, 0.2) is 0 Å². The van der Waals surface area contributed by atoms with E-state index in [9.17, 15) is 4.79 Å². The molecule has 0 atom stereocenters. The van der Waals surface area contributed by atoms with E-state index in [0.717, 1.165) is 17.2 Å². The molecule has 0 saturated heterocycles. The Morgan fingerprint density at radius 3 is 2.73 bits per heavy atom. The van der Waals surface area contributed by atoms with Crippen LogP contribution in [0.5, 0.6) is 0 Å². The van der Waals surface area contributed by atoms with Crippen molar-refractivity contribution < 1.29 is 4.79 Å². The van der Waals surface area contributed by atoms with Gasteiger partial charge in [0.05, 0.1) is 5.69 Å². The third-order valence-corrected chi connectivity index (χ3v) is 2.56. The molecular weight excluding hydrogens is 212 g/mol. The zero-order valence-corrected chi connectivity index (χ0v) is 10.0. The molecule has 15 heavy (non-hydrogen) atoms. The fourth-order valence-electron chi connectivity index (χ4n) is 1.10. The molecule has 0 aromatic carbocycles. The van der Waals surface area contributed by atoms with E-state index in [-0.39, 0.29) is 11.3 Å². The van der Waals surface area contributed by atoms with E-state index in [1.165, 1.54) is 0 Å². The first-order chi connectivity index (χ1) is 6.96. The maximum atomic E-state index is 11.7. The van der Waals surface area contributed by atoms with Crippen LogP contribution in [0.25, 0.3) is 0 Å². The molecule has 0 saturated carbocycles. The number of amides is 1. The summed E-state index contributed by atoms with van der Waals surface area (Å²) in [5, 5.41) is 6.71. The van der Waals surface area contributed by atoms with Crippen LogP contribution < -0.4 is 11.1 Å². The third kappa shape index (κ3) is 2.97. The molecule has 0 spiro atoms. The molecule has 0 aliphatic carbocycles. The SMILES string of the molecule is CC(C)(C)c1nnsc1C(=O)NCCN. The normalized spacial score (nSPS) is 11.5. The zero-order valence-electron chi connectivity index (χ0n) is 9.20. The summed E-state index contributed by atoms with van der Waals surface area (Å²) in [5.41, 5.74) is 5.89. The summed E-state index contributed by atoms with van der Waals surface area (Å²) in [7, 11) is 0. The van der Waals surface area contributed by atoms with Crippen molar-refractivity contribution in [1.82, 2.24) is 14.9 Å². The van der Waals surface area contributed by atoms with Crippen molar-refractivity contribution in [3.05, 3.63) is 10.6 Å². The zero-order chi connectivity index (χ0) is 11.5. The maximum Gasteiger partial charge on any atom is 0.265 e. The fraction of sp³-hybridized carbons (Fsp3) is 0.667. The molecule has 3 N–H and O–H groups in total. The van der Waals surface area contributed by atoms with E-state index >= 15 is 0 Å². The van der Waals surface area contributed by atoms with E-state index in [4.69, 9.17) is 5.73 Å². The van der Waals surface area contributed by atoms with E-state index in [0.29, 0.717) is 18.0 Å². The van der Waals surface area contributed by atoms with Gasteiger partial charge < -0.3 is 11.1 Å². The predicted octanol–water partition coefficient (Wildman–Crippen LogP) is 0.524. The minimum absolute atomic E-state index is 0.139. The number of nitrogens with one attached hydrogen (secondary N) is 1. The third-order valence-electron chi connectivity index (χ3n) is 1.83. The molecule has 1 aromatic rings. The van der Waals surface area contributed by atoms with Gasteiger partial charge in [-0.3, -0.25) is 4.79 Å². The van der Waals surface area contributed by atoms with Crippen molar-refractivity contribution in [2.75, 3.05) is 13.1 Å². The highest BCUT2D eigenvalue weighted by molar-refractivity contribution is 7.08. The molecule has 5 nitrogen and oxygen atoms in total.